The molecule has 0 saturated heterocycles. The SMILES string of the molecule is COc1cc([N+](=O)[O-])c(OC)cc1SCC(=O)NNS(=O)(=O)c1ccc(F)cc1. The topological polar surface area (TPSA) is 137 Å². The monoisotopic (exact) mass is 445 g/mol. The smallest absolute Gasteiger partial charge is 0.314 e. The maximum atomic E-state index is 12.9. The first-order valence-electron chi connectivity index (χ1n) is 7.77. The van der Waals surface area contributed by atoms with Crippen LogP contribution >= 0.6 is 11.8 Å². The second-order valence-corrected chi connectivity index (χ2v) is 8.03. The Morgan fingerprint density at radius 1 is 1.17 bits per heavy atom. The summed E-state index contributed by atoms with van der Waals surface area (Å²) in [7, 11) is -1.50. The zero-order chi connectivity index (χ0) is 21.6. The van der Waals surface area contributed by atoms with Gasteiger partial charge in [-0.3, -0.25) is 20.3 Å². The molecule has 0 spiro atoms. The van der Waals surface area contributed by atoms with Gasteiger partial charge in [0.25, 0.3) is 10.0 Å². The van der Waals surface area contributed by atoms with Crippen molar-refractivity contribution in [1.82, 2.24) is 10.3 Å². The van der Waals surface area contributed by atoms with Crippen molar-refractivity contribution in [2.75, 3.05) is 20.0 Å². The van der Waals surface area contributed by atoms with Crippen molar-refractivity contribution >= 4 is 33.4 Å². The van der Waals surface area contributed by atoms with E-state index >= 15 is 0 Å². The summed E-state index contributed by atoms with van der Waals surface area (Å²) < 4.78 is 47.1. The number of thioether (sulfide) groups is 1. The van der Waals surface area contributed by atoms with E-state index in [1.807, 2.05) is 10.3 Å². The Morgan fingerprint density at radius 3 is 2.34 bits per heavy atom. The van der Waals surface area contributed by atoms with Crippen LogP contribution in [0.1, 0.15) is 0 Å². The number of hydrazine groups is 1. The van der Waals surface area contributed by atoms with E-state index in [0.717, 1.165) is 42.1 Å². The molecular formula is C16H16FN3O7S2. The molecule has 2 aromatic carbocycles. The van der Waals surface area contributed by atoms with Crippen LogP contribution in [0.4, 0.5) is 10.1 Å². The predicted octanol–water partition coefficient (Wildman–Crippen LogP) is 1.85. The number of hydrogen-bond acceptors (Lipinski definition) is 8. The number of rotatable bonds is 9. The van der Waals surface area contributed by atoms with Gasteiger partial charge in [0, 0.05) is 6.07 Å². The Labute approximate surface area is 169 Å². The highest BCUT2D eigenvalue weighted by Gasteiger charge is 2.21. The molecule has 156 valence electrons. The van der Waals surface area contributed by atoms with E-state index in [1.165, 1.54) is 20.3 Å². The molecule has 0 saturated carbocycles. The van der Waals surface area contributed by atoms with Gasteiger partial charge < -0.3 is 9.47 Å². The number of carbonyl (C=O) groups is 1. The fourth-order valence-corrected chi connectivity index (χ4v) is 3.78. The molecule has 0 unspecified atom stereocenters. The first kappa shape index (κ1) is 22.4. The summed E-state index contributed by atoms with van der Waals surface area (Å²) in [6.45, 7) is 0. The number of nitrogens with zero attached hydrogens (tertiary/aromatic N) is 1. The van der Waals surface area contributed by atoms with E-state index in [2.05, 4.69) is 0 Å². The average Bonchev–Trinajstić information content (AvgIpc) is 2.70. The number of ether oxygens (including phenoxy) is 2. The van der Waals surface area contributed by atoms with E-state index < -0.39 is 26.7 Å². The number of nitro benzene ring substituents is 1. The Hall–Kier alpha value is -2.90. The van der Waals surface area contributed by atoms with Gasteiger partial charge in [-0.25, -0.2) is 12.8 Å². The summed E-state index contributed by atoms with van der Waals surface area (Å²) in [6.07, 6.45) is 0. The third-order valence-electron chi connectivity index (χ3n) is 3.47. The molecule has 0 aliphatic rings. The van der Waals surface area contributed by atoms with E-state index in [0.29, 0.717) is 4.90 Å². The zero-order valence-corrected chi connectivity index (χ0v) is 16.8. The van der Waals surface area contributed by atoms with E-state index in [4.69, 9.17) is 9.47 Å². The lowest BCUT2D eigenvalue weighted by Gasteiger charge is -2.11. The summed E-state index contributed by atoms with van der Waals surface area (Å²) in [5.74, 6) is -1.39. The lowest BCUT2D eigenvalue weighted by atomic mass is 10.3. The van der Waals surface area contributed by atoms with Crippen molar-refractivity contribution < 1.29 is 32.0 Å². The van der Waals surface area contributed by atoms with Crippen LogP contribution in [0, 0.1) is 15.9 Å². The highest BCUT2D eigenvalue weighted by molar-refractivity contribution is 8.00. The minimum absolute atomic E-state index is 0.0179. The Balaban J connectivity index is 2.03. The number of halogens is 1. The van der Waals surface area contributed by atoms with Gasteiger partial charge in [-0.2, -0.15) is 0 Å². The summed E-state index contributed by atoms with van der Waals surface area (Å²) in [4.78, 5) is 24.5. The average molecular weight is 445 g/mol. The minimum Gasteiger partial charge on any atom is -0.495 e. The van der Waals surface area contributed by atoms with Crippen molar-refractivity contribution in [2.24, 2.45) is 0 Å². The molecule has 10 nitrogen and oxygen atoms in total. The fourth-order valence-electron chi connectivity index (χ4n) is 2.09. The van der Waals surface area contributed by atoms with Gasteiger partial charge in [-0.15, -0.1) is 16.6 Å². The molecule has 2 rings (SSSR count). The van der Waals surface area contributed by atoms with Gasteiger partial charge in [0.1, 0.15) is 11.6 Å². The lowest BCUT2D eigenvalue weighted by molar-refractivity contribution is -0.385. The zero-order valence-electron chi connectivity index (χ0n) is 15.2. The van der Waals surface area contributed by atoms with Crippen LogP contribution in [0.5, 0.6) is 11.5 Å². The maximum Gasteiger partial charge on any atom is 0.314 e. The Morgan fingerprint density at radius 2 is 1.79 bits per heavy atom. The number of benzene rings is 2. The van der Waals surface area contributed by atoms with Crippen LogP contribution in [-0.2, 0) is 14.8 Å². The molecule has 0 bridgehead atoms. The molecule has 0 aromatic heterocycles. The van der Waals surface area contributed by atoms with E-state index in [-0.39, 0.29) is 27.8 Å². The van der Waals surface area contributed by atoms with Crippen molar-refractivity contribution in [2.45, 2.75) is 9.79 Å². The summed E-state index contributed by atoms with van der Waals surface area (Å²) in [5.41, 5.74) is 1.73. The lowest BCUT2D eigenvalue weighted by Crippen LogP contribution is -2.42. The molecule has 0 atom stereocenters. The molecule has 0 fully saturated rings. The predicted molar refractivity (Wildman–Crippen MR) is 102 cm³/mol. The van der Waals surface area contributed by atoms with Crippen LogP contribution in [0.2, 0.25) is 0 Å². The maximum absolute atomic E-state index is 12.9. The number of sulfonamides is 1. The van der Waals surface area contributed by atoms with Gasteiger partial charge in [0.15, 0.2) is 5.75 Å². The molecule has 1 amide bonds. The largest absolute Gasteiger partial charge is 0.495 e. The standard InChI is InChI=1S/C16H16FN3O7S2/c1-26-13-8-15(14(27-2)7-12(13)20(22)23)28-9-16(21)18-19-29(24,25)11-5-3-10(17)4-6-11/h3-8,19H,9H2,1-2H3,(H,18,21). The third-order valence-corrected chi connectivity index (χ3v) is 5.77. The van der Waals surface area contributed by atoms with E-state index in [9.17, 15) is 27.7 Å². The van der Waals surface area contributed by atoms with E-state index in [1.54, 1.807) is 0 Å². The molecular weight excluding hydrogens is 429 g/mol. The summed E-state index contributed by atoms with van der Waals surface area (Å²) in [5, 5.41) is 11.1. The van der Waals surface area contributed by atoms with Crippen molar-refractivity contribution in [3.63, 3.8) is 0 Å². The number of hydrogen-bond donors (Lipinski definition) is 2. The molecule has 0 aliphatic heterocycles. The van der Waals surface area contributed by atoms with Crippen molar-refractivity contribution in [3.05, 3.63) is 52.3 Å². The molecule has 0 heterocycles. The number of carbonyl (C=O) groups excluding carboxylic acids is 1. The molecule has 13 heteroatoms. The number of nitro groups is 1. The molecule has 2 aromatic rings. The van der Waals surface area contributed by atoms with Gasteiger partial charge in [0.05, 0.1) is 40.8 Å². The normalized spacial score (nSPS) is 11.0. The quantitative estimate of drug-likeness (QED) is 0.339. The Bertz CT molecular complexity index is 1010. The fraction of sp³-hybridized carbons (Fsp3) is 0.188. The number of methoxy groups -OCH3 is 2. The number of nitrogens with one attached hydrogen (secondary N) is 2. The van der Waals surface area contributed by atoms with Crippen molar-refractivity contribution in [3.8, 4) is 11.5 Å². The van der Waals surface area contributed by atoms with Crippen LogP contribution in [-0.4, -0.2) is 39.2 Å². The van der Waals surface area contributed by atoms with Crippen LogP contribution in [0.25, 0.3) is 0 Å². The van der Waals surface area contributed by atoms with Gasteiger partial charge in [0.2, 0.25) is 5.91 Å². The summed E-state index contributed by atoms with van der Waals surface area (Å²) >= 11 is 0.954. The molecule has 0 aliphatic carbocycles. The first-order valence-corrected chi connectivity index (χ1v) is 10.2. The second-order valence-electron chi connectivity index (χ2n) is 5.33. The van der Waals surface area contributed by atoms with Crippen LogP contribution in [0.3, 0.4) is 0 Å². The minimum atomic E-state index is -4.07. The Kier molecular flexibility index (Phi) is 7.36. The van der Waals surface area contributed by atoms with Crippen LogP contribution < -0.4 is 19.7 Å². The highest BCUT2D eigenvalue weighted by Crippen LogP contribution is 2.39. The first-order chi connectivity index (χ1) is 13.7. The second kappa shape index (κ2) is 9.54. The van der Waals surface area contributed by atoms with Crippen molar-refractivity contribution in [1.29, 1.82) is 0 Å². The molecule has 29 heavy (non-hydrogen) atoms. The highest BCUT2D eigenvalue weighted by atomic mass is 32.2. The van der Waals surface area contributed by atoms with Gasteiger partial charge in [-0.1, -0.05) is 0 Å². The van der Waals surface area contributed by atoms with Gasteiger partial charge >= 0.3 is 5.69 Å². The number of amides is 1. The van der Waals surface area contributed by atoms with Gasteiger partial charge in [-0.05, 0) is 24.3 Å². The summed E-state index contributed by atoms with van der Waals surface area (Å²) in [6, 6.07) is 6.55. The van der Waals surface area contributed by atoms with Crippen LogP contribution in [0.15, 0.2) is 46.2 Å². The molecule has 0 radical (unpaired) electrons. The molecule has 2 N–H and O–H groups in total. The third kappa shape index (κ3) is 5.79.